The fraction of sp³-hybridized carbons (Fsp3) is 0.867. The fourth-order valence-electron chi connectivity index (χ4n) is 2.60. The zero-order chi connectivity index (χ0) is 14.7. The third kappa shape index (κ3) is 3.72. The van der Waals surface area contributed by atoms with Crippen LogP contribution >= 0.6 is 0 Å². The minimum Gasteiger partial charge on any atom is -0.379 e. The number of nitrogens with one attached hydrogen (secondary N) is 1. The van der Waals surface area contributed by atoms with Crippen LogP contribution in [0.15, 0.2) is 0 Å². The minimum atomic E-state index is -0.344. The summed E-state index contributed by atoms with van der Waals surface area (Å²) in [5.74, 6) is 0.454. The van der Waals surface area contributed by atoms with Gasteiger partial charge in [-0.15, -0.1) is 0 Å². The molecule has 5 nitrogen and oxygen atoms in total. The molecule has 1 saturated heterocycles. The maximum Gasteiger partial charge on any atom is 0.246 e. The number of carbonyl (C=O) groups is 2. The van der Waals surface area contributed by atoms with Gasteiger partial charge in [0.15, 0.2) is 0 Å². The van der Waals surface area contributed by atoms with E-state index in [1.165, 1.54) is 0 Å². The summed E-state index contributed by atoms with van der Waals surface area (Å²) in [4.78, 5) is 26.1. The molecule has 0 spiro atoms. The van der Waals surface area contributed by atoms with Gasteiger partial charge in [-0.2, -0.15) is 0 Å². The van der Waals surface area contributed by atoms with Crippen molar-refractivity contribution in [2.45, 2.75) is 64.6 Å². The van der Waals surface area contributed by atoms with Gasteiger partial charge in [-0.1, -0.05) is 0 Å². The standard InChI is InChI=1S/C15H26N2O3/c1-10(2)20-9-5-4-8-17-11(3)14(18)16-13(15(17)19)12-6-7-12/h10-13H,4-9H2,1-3H3,(H,16,18). The molecule has 1 aliphatic heterocycles. The Morgan fingerprint density at radius 1 is 1.30 bits per heavy atom. The van der Waals surface area contributed by atoms with E-state index in [1.54, 1.807) is 11.8 Å². The Morgan fingerprint density at radius 2 is 2.00 bits per heavy atom. The van der Waals surface area contributed by atoms with Crippen molar-refractivity contribution in [1.29, 1.82) is 0 Å². The second-order valence-corrected chi connectivity index (χ2v) is 6.16. The van der Waals surface area contributed by atoms with E-state index in [4.69, 9.17) is 4.74 Å². The second-order valence-electron chi connectivity index (χ2n) is 6.16. The van der Waals surface area contributed by atoms with Crippen LogP contribution in [0, 0.1) is 5.92 Å². The highest BCUT2D eigenvalue weighted by Gasteiger charge is 2.45. The molecule has 0 aromatic heterocycles. The SMILES string of the molecule is CC(C)OCCCCN1C(=O)C(C2CC2)NC(=O)C1C. The number of amides is 2. The molecule has 2 fully saturated rings. The van der Waals surface area contributed by atoms with E-state index in [0.29, 0.717) is 19.1 Å². The molecular formula is C15H26N2O3. The molecule has 1 saturated carbocycles. The third-order valence-electron chi connectivity index (χ3n) is 4.03. The first-order valence-corrected chi connectivity index (χ1v) is 7.73. The van der Waals surface area contributed by atoms with Gasteiger partial charge in [0.1, 0.15) is 12.1 Å². The minimum absolute atomic E-state index is 0.0140. The van der Waals surface area contributed by atoms with E-state index in [-0.39, 0.29) is 30.0 Å². The van der Waals surface area contributed by atoms with Crippen LogP contribution in [0.1, 0.15) is 46.5 Å². The number of rotatable bonds is 7. The lowest BCUT2D eigenvalue weighted by atomic mass is 10.0. The van der Waals surface area contributed by atoms with Crippen molar-refractivity contribution >= 4 is 11.8 Å². The summed E-state index contributed by atoms with van der Waals surface area (Å²) in [6.45, 7) is 7.20. The molecule has 2 atom stereocenters. The van der Waals surface area contributed by atoms with Gasteiger partial charge in [-0.25, -0.2) is 0 Å². The summed E-state index contributed by atoms with van der Waals surface area (Å²) >= 11 is 0. The van der Waals surface area contributed by atoms with Gasteiger partial charge in [0.2, 0.25) is 11.8 Å². The van der Waals surface area contributed by atoms with Crippen molar-refractivity contribution in [2.75, 3.05) is 13.2 Å². The lowest BCUT2D eigenvalue weighted by Gasteiger charge is -2.37. The predicted molar refractivity (Wildman–Crippen MR) is 76.2 cm³/mol. The van der Waals surface area contributed by atoms with Crippen LogP contribution in [-0.2, 0) is 14.3 Å². The monoisotopic (exact) mass is 282 g/mol. The third-order valence-corrected chi connectivity index (χ3v) is 4.03. The van der Waals surface area contributed by atoms with Crippen LogP contribution < -0.4 is 5.32 Å². The summed E-state index contributed by atoms with van der Waals surface area (Å²) in [6, 6.07) is -0.617. The van der Waals surface area contributed by atoms with Crippen LogP contribution in [0.3, 0.4) is 0 Å². The summed E-state index contributed by atoms with van der Waals surface area (Å²) in [5.41, 5.74) is 0. The molecule has 2 amide bonds. The molecule has 0 radical (unpaired) electrons. The van der Waals surface area contributed by atoms with Crippen molar-refractivity contribution in [2.24, 2.45) is 5.92 Å². The number of piperazine rings is 1. The van der Waals surface area contributed by atoms with Gasteiger partial charge >= 0.3 is 0 Å². The van der Waals surface area contributed by atoms with Gasteiger partial charge in [0, 0.05) is 13.2 Å². The summed E-state index contributed by atoms with van der Waals surface area (Å²) in [7, 11) is 0. The molecule has 114 valence electrons. The molecule has 5 heteroatoms. The lowest BCUT2D eigenvalue weighted by molar-refractivity contribution is -0.149. The average Bonchev–Trinajstić information content (AvgIpc) is 3.21. The lowest BCUT2D eigenvalue weighted by Crippen LogP contribution is -2.63. The van der Waals surface area contributed by atoms with Crippen LogP contribution in [0.2, 0.25) is 0 Å². The second kappa shape index (κ2) is 6.57. The molecule has 1 heterocycles. The van der Waals surface area contributed by atoms with Gasteiger partial charge in [-0.05, 0) is 52.4 Å². The molecular weight excluding hydrogens is 256 g/mol. The van der Waals surface area contributed by atoms with E-state index in [9.17, 15) is 9.59 Å². The van der Waals surface area contributed by atoms with Crippen LogP contribution in [0.4, 0.5) is 0 Å². The van der Waals surface area contributed by atoms with Crippen LogP contribution in [0.25, 0.3) is 0 Å². The van der Waals surface area contributed by atoms with Gasteiger partial charge in [0.05, 0.1) is 6.10 Å². The fourth-order valence-corrected chi connectivity index (χ4v) is 2.60. The van der Waals surface area contributed by atoms with Gasteiger partial charge < -0.3 is 15.0 Å². The normalized spacial score (nSPS) is 27.1. The van der Waals surface area contributed by atoms with E-state index in [2.05, 4.69) is 5.32 Å². The first-order valence-electron chi connectivity index (χ1n) is 7.73. The quantitative estimate of drug-likeness (QED) is 0.716. The van der Waals surface area contributed by atoms with Crippen molar-refractivity contribution < 1.29 is 14.3 Å². The van der Waals surface area contributed by atoms with Crippen molar-refractivity contribution in [3.05, 3.63) is 0 Å². The average molecular weight is 282 g/mol. The van der Waals surface area contributed by atoms with Crippen molar-refractivity contribution in [3.63, 3.8) is 0 Å². The van der Waals surface area contributed by atoms with E-state index >= 15 is 0 Å². The number of hydrogen-bond donors (Lipinski definition) is 1. The highest BCUT2D eigenvalue weighted by molar-refractivity contribution is 5.97. The summed E-state index contributed by atoms with van der Waals surface area (Å²) < 4.78 is 5.49. The van der Waals surface area contributed by atoms with Crippen molar-refractivity contribution in [1.82, 2.24) is 10.2 Å². The molecule has 0 aromatic carbocycles. The first-order chi connectivity index (χ1) is 9.50. The van der Waals surface area contributed by atoms with Gasteiger partial charge in [0.25, 0.3) is 0 Å². The Balaban J connectivity index is 1.81. The number of hydrogen-bond acceptors (Lipinski definition) is 3. The van der Waals surface area contributed by atoms with Gasteiger partial charge in [-0.3, -0.25) is 9.59 Å². The highest BCUT2D eigenvalue weighted by atomic mass is 16.5. The Bertz CT molecular complexity index is 366. The van der Waals surface area contributed by atoms with Crippen molar-refractivity contribution in [3.8, 4) is 0 Å². The molecule has 2 unspecified atom stereocenters. The van der Waals surface area contributed by atoms with E-state index in [0.717, 1.165) is 25.7 Å². The summed E-state index contributed by atoms with van der Waals surface area (Å²) in [6.07, 6.45) is 4.16. The van der Waals surface area contributed by atoms with E-state index < -0.39 is 0 Å². The molecule has 1 N–H and O–H groups in total. The Kier molecular flexibility index (Phi) is 5.02. The predicted octanol–water partition coefficient (Wildman–Crippen LogP) is 1.32. The zero-order valence-corrected chi connectivity index (χ0v) is 12.7. The van der Waals surface area contributed by atoms with Crippen LogP contribution in [0.5, 0.6) is 0 Å². The number of unbranched alkanes of at least 4 members (excludes halogenated alkanes) is 1. The Morgan fingerprint density at radius 3 is 2.60 bits per heavy atom. The molecule has 1 aliphatic carbocycles. The maximum absolute atomic E-state index is 12.4. The van der Waals surface area contributed by atoms with Crippen LogP contribution in [-0.4, -0.2) is 48.1 Å². The number of ether oxygens (including phenoxy) is 1. The zero-order valence-electron chi connectivity index (χ0n) is 12.7. The maximum atomic E-state index is 12.4. The first kappa shape index (κ1) is 15.3. The van der Waals surface area contributed by atoms with E-state index in [1.807, 2.05) is 13.8 Å². The molecule has 20 heavy (non-hydrogen) atoms. The number of carbonyl (C=O) groups excluding carboxylic acids is 2. The topological polar surface area (TPSA) is 58.6 Å². The highest BCUT2D eigenvalue weighted by Crippen LogP contribution is 2.35. The Hall–Kier alpha value is -1.10. The molecule has 2 rings (SSSR count). The molecule has 2 aliphatic rings. The number of nitrogens with zero attached hydrogens (tertiary/aromatic N) is 1. The largest absolute Gasteiger partial charge is 0.379 e. The summed E-state index contributed by atoms with van der Waals surface area (Å²) in [5, 5.41) is 2.87. The molecule has 0 aromatic rings. The smallest absolute Gasteiger partial charge is 0.246 e. The Labute approximate surface area is 121 Å². The molecule has 0 bridgehead atoms.